The minimum Gasteiger partial charge on any atom is -0.457 e. The summed E-state index contributed by atoms with van der Waals surface area (Å²) in [6.45, 7) is 5.16. The minimum absolute atomic E-state index is 0.257. The summed E-state index contributed by atoms with van der Waals surface area (Å²) >= 11 is 0. The maximum absolute atomic E-state index is 12.8. The number of hydrogen-bond donors (Lipinski definition) is 1. The normalized spacial score (nSPS) is 12.9. The molecule has 1 rings (SSSR count). The first kappa shape index (κ1) is 39.9. The molecule has 0 aromatic carbocycles. The van der Waals surface area contributed by atoms with Gasteiger partial charge in [0.15, 0.2) is 0 Å². The molecule has 1 aromatic heterocycles. The topological polar surface area (TPSA) is 90.8 Å². The second-order valence-electron chi connectivity index (χ2n) is 11.9. The van der Waals surface area contributed by atoms with Crippen molar-refractivity contribution in [1.82, 2.24) is 9.97 Å². The van der Waals surface area contributed by atoms with Gasteiger partial charge in [0.2, 0.25) is 0 Å². The quantitative estimate of drug-likeness (QED) is 0.0766. The minimum atomic E-state index is -0.981. The molecule has 1 heterocycles. The van der Waals surface area contributed by atoms with Crippen LogP contribution in [0, 0.1) is 0 Å². The van der Waals surface area contributed by atoms with Crippen molar-refractivity contribution >= 4 is 10.8 Å². The standard InChI is InChI=1S/C35H66N2O5S/c1-2-3-4-5-6-7-8-9-10-11-12-13-14-15-16-20-30-41-32-34(42-35-36-25-24-26-37-35)33-43(39)31-23-18-22-29-40-28-21-17-19-27-38/h24-26,34,38H,2-23,27-33H2,1H3. The van der Waals surface area contributed by atoms with E-state index < -0.39 is 10.8 Å². The van der Waals surface area contributed by atoms with Crippen LogP contribution in [-0.4, -0.2) is 69.9 Å². The third-order valence-electron chi connectivity index (χ3n) is 7.74. The van der Waals surface area contributed by atoms with Gasteiger partial charge in [0.25, 0.3) is 0 Å². The van der Waals surface area contributed by atoms with Gasteiger partial charge in [-0.2, -0.15) is 0 Å². The molecule has 0 fully saturated rings. The molecule has 43 heavy (non-hydrogen) atoms. The van der Waals surface area contributed by atoms with Crippen molar-refractivity contribution in [2.75, 3.05) is 44.5 Å². The molecular weight excluding hydrogens is 560 g/mol. The molecule has 0 aliphatic heterocycles. The molecule has 2 atom stereocenters. The van der Waals surface area contributed by atoms with Crippen molar-refractivity contribution in [3.8, 4) is 6.01 Å². The lowest BCUT2D eigenvalue weighted by Gasteiger charge is -2.17. The molecule has 0 saturated heterocycles. The third kappa shape index (κ3) is 28.1. The second-order valence-corrected chi connectivity index (χ2v) is 13.5. The summed E-state index contributed by atoms with van der Waals surface area (Å²) in [5, 5.41) is 8.80. The molecule has 7 nitrogen and oxygen atoms in total. The molecular formula is C35H66N2O5S. The van der Waals surface area contributed by atoms with Gasteiger partial charge in [0, 0.05) is 55.4 Å². The van der Waals surface area contributed by atoms with Gasteiger partial charge in [-0.1, -0.05) is 110 Å². The SMILES string of the molecule is CCCCCCCCCCCCCCCCCCOCC(CS(=O)CCCCCOCCCCCO)Oc1ncccn1. The average Bonchev–Trinajstić information content (AvgIpc) is 3.01. The van der Waals surface area contributed by atoms with Gasteiger partial charge in [-0.05, 0) is 44.6 Å². The summed E-state index contributed by atoms with van der Waals surface area (Å²) in [5.41, 5.74) is 0. The maximum Gasteiger partial charge on any atom is 0.316 e. The van der Waals surface area contributed by atoms with E-state index in [2.05, 4.69) is 16.9 Å². The molecule has 0 aliphatic carbocycles. The van der Waals surface area contributed by atoms with Gasteiger partial charge < -0.3 is 19.3 Å². The lowest BCUT2D eigenvalue weighted by molar-refractivity contribution is 0.0538. The van der Waals surface area contributed by atoms with Crippen molar-refractivity contribution < 1.29 is 23.5 Å². The van der Waals surface area contributed by atoms with Crippen LogP contribution in [0.5, 0.6) is 6.01 Å². The van der Waals surface area contributed by atoms with Crippen LogP contribution in [0.2, 0.25) is 0 Å². The second kappa shape index (κ2) is 32.3. The number of hydrogen-bond acceptors (Lipinski definition) is 7. The Bertz CT molecular complexity index is 713. The lowest BCUT2D eigenvalue weighted by atomic mass is 10.0. The predicted molar refractivity (Wildman–Crippen MR) is 180 cm³/mol. The number of nitrogens with zero attached hydrogens (tertiary/aromatic N) is 2. The highest BCUT2D eigenvalue weighted by Gasteiger charge is 2.16. The molecule has 0 saturated carbocycles. The maximum atomic E-state index is 12.8. The van der Waals surface area contributed by atoms with Crippen LogP contribution in [-0.2, 0) is 20.3 Å². The Kier molecular flexibility index (Phi) is 30.0. The van der Waals surface area contributed by atoms with E-state index in [1.807, 2.05) is 0 Å². The Morgan fingerprint density at radius 2 is 1.12 bits per heavy atom. The van der Waals surface area contributed by atoms with Crippen molar-refractivity contribution in [2.45, 2.75) is 154 Å². The van der Waals surface area contributed by atoms with Crippen LogP contribution < -0.4 is 4.74 Å². The molecule has 8 heteroatoms. The predicted octanol–water partition coefficient (Wildman–Crippen LogP) is 8.60. The highest BCUT2D eigenvalue weighted by Crippen LogP contribution is 2.14. The molecule has 0 spiro atoms. The fourth-order valence-electron chi connectivity index (χ4n) is 5.11. The molecule has 0 aliphatic rings. The monoisotopic (exact) mass is 626 g/mol. The average molecular weight is 627 g/mol. The first-order valence-corrected chi connectivity index (χ1v) is 19.3. The zero-order chi connectivity index (χ0) is 30.9. The largest absolute Gasteiger partial charge is 0.457 e. The number of aliphatic hydroxyl groups excluding tert-OH is 1. The van der Waals surface area contributed by atoms with Crippen molar-refractivity contribution in [2.24, 2.45) is 0 Å². The first-order valence-electron chi connectivity index (χ1n) is 17.8. The number of unbranched alkanes of at least 4 members (excludes halogenated alkanes) is 19. The fraction of sp³-hybridized carbons (Fsp3) is 0.886. The first-order chi connectivity index (χ1) is 21.3. The van der Waals surface area contributed by atoms with E-state index in [0.717, 1.165) is 58.2 Å². The summed E-state index contributed by atoms with van der Waals surface area (Å²) in [4.78, 5) is 8.34. The molecule has 0 bridgehead atoms. The highest BCUT2D eigenvalue weighted by atomic mass is 32.2. The van der Waals surface area contributed by atoms with E-state index in [1.165, 1.54) is 96.3 Å². The molecule has 2 unspecified atom stereocenters. The van der Waals surface area contributed by atoms with E-state index in [1.54, 1.807) is 18.5 Å². The van der Waals surface area contributed by atoms with Crippen LogP contribution in [0.3, 0.4) is 0 Å². The summed E-state index contributed by atoms with van der Waals surface area (Å²) in [7, 11) is -0.981. The Hall–Kier alpha value is -1.09. The summed E-state index contributed by atoms with van der Waals surface area (Å²) in [5.74, 6) is 1.09. The van der Waals surface area contributed by atoms with E-state index in [-0.39, 0.29) is 12.7 Å². The van der Waals surface area contributed by atoms with E-state index in [4.69, 9.17) is 19.3 Å². The number of aromatic nitrogens is 2. The smallest absolute Gasteiger partial charge is 0.316 e. The summed E-state index contributed by atoms with van der Waals surface area (Å²) in [6.07, 6.45) is 30.5. The van der Waals surface area contributed by atoms with Gasteiger partial charge in [-0.25, -0.2) is 9.97 Å². The lowest BCUT2D eigenvalue weighted by Crippen LogP contribution is -2.31. The van der Waals surface area contributed by atoms with E-state index >= 15 is 0 Å². The van der Waals surface area contributed by atoms with Crippen LogP contribution in [0.25, 0.3) is 0 Å². The Balaban J connectivity index is 2.05. The Morgan fingerprint density at radius 3 is 1.65 bits per heavy atom. The van der Waals surface area contributed by atoms with Gasteiger partial charge >= 0.3 is 6.01 Å². The van der Waals surface area contributed by atoms with Gasteiger partial charge in [0.05, 0.1) is 12.4 Å². The Morgan fingerprint density at radius 1 is 0.651 bits per heavy atom. The van der Waals surface area contributed by atoms with Crippen LogP contribution in [0.15, 0.2) is 18.5 Å². The molecule has 1 aromatic rings. The number of aliphatic hydroxyl groups is 1. The van der Waals surface area contributed by atoms with E-state index in [0.29, 0.717) is 30.7 Å². The van der Waals surface area contributed by atoms with Gasteiger partial charge in [0.1, 0.15) is 6.10 Å². The molecule has 0 radical (unpaired) electrons. The van der Waals surface area contributed by atoms with Crippen LogP contribution in [0.4, 0.5) is 0 Å². The molecule has 1 N–H and O–H groups in total. The van der Waals surface area contributed by atoms with E-state index in [9.17, 15) is 4.21 Å². The molecule has 0 amide bonds. The van der Waals surface area contributed by atoms with Crippen molar-refractivity contribution in [3.05, 3.63) is 18.5 Å². The van der Waals surface area contributed by atoms with Crippen LogP contribution >= 0.6 is 0 Å². The van der Waals surface area contributed by atoms with Gasteiger partial charge in [-0.15, -0.1) is 0 Å². The zero-order valence-electron chi connectivity index (χ0n) is 27.7. The number of ether oxygens (including phenoxy) is 3. The zero-order valence-corrected chi connectivity index (χ0v) is 28.5. The third-order valence-corrected chi connectivity index (χ3v) is 9.23. The fourth-order valence-corrected chi connectivity index (χ4v) is 6.38. The van der Waals surface area contributed by atoms with Crippen LogP contribution in [0.1, 0.15) is 148 Å². The van der Waals surface area contributed by atoms with Crippen molar-refractivity contribution in [3.63, 3.8) is 0 Å². The highest BCUT2D eigenvalue weighted by molar-refractivity contribution is 7.85. The van der Waals surface area contributed by atoms with Gasteiger partial charge in [-0.3, -0.25) is 4.21 Å². The summed E-state index contributed by atoms with van der Waals surface area (Å²) < 4.78 is 30.3. The Labute approximate surface area is 267 Å². The molecule has 252 valence electrons. The summed E-state index contributed by atoms with van der Waals surface area (Å²) in [6, 6.07) is 2.07. The van der Waals surface area contributed by atoms with Crippen molar-refractivity contribution in [1.29, 1.82) is 0 Å². The number of rotatable bonds is 34.